The molecule has 0 aromatic heterocycles. The van der Waals surface area contributed by atoms with Crippen LogP contribution in [-0.2, 0) is 9.13 Å². The number of hydrogen-bond acceptors (Lipinski definition) is 4. The highest BCUT2D eigenvalue weighted by atomic mass is 31.2. The van der Waals surface area contributed by atoms with Gasteiger partial charge in [0.1, 0.15) is 0 Å². The second-order valence-electron chi connectivity index (χ2n) is 5.80. The number of benzene rings is 2. The van der Waals surface area contributed by atoms with E-state index in [2.05, 4.69) is 10.6 Å². The van der Waals surface area contributed by atoms with Crippen LogP contribution in [0.15, 0.2) is 48.5 Å². The van der Waals surface area contributed by atoms with Gasteiger partial charge in [0.05, 0.1) is 22.7 Å². The van der Waals surface area contributed by atoms with Crippen molar-refractivity contribution in [2.75, 3.05) is 14.1 Å². The fourth-order valence-electron chi connectivity index (χ4n) is 2.80. The van der Waals surface area contributed by atoms with Crippen LogP contribution in [0.5, 0.6) is 0 Å². The summed E-state index contributed by atoms with van der Waals surface area (Å²) >= 11 is 0. The Balaban J connectivity index is 2.34. The molecule has 2 rings (SSSR count). The molecule has 8 nitrogen and oxygen atoms in total. The van der Waals surface area contributed by atoms with E-state index in [1.165, 1.54) is 24.3 Å². The maximum absolute atomic E-state index is 11.3. The summed E-state index contributed by atoms with van der Waals surface area (Å²) in [6, 6.07) is 11.7. The third kappa shape index (κ3) is 4.88. The SMILES string of the molecule is CNC(c1ccc(P(=O)(O)O)cc1)C(NC)c1ccc(P(=O)(O)O)cc1. The van der Waals surface area contributed by atoms with Crippen LogP contribution in [-0.4, -0.2) is 33.7 Å². The highest BCUT2D eigenvalue weighted by Crippen LogP contribution is 2.36. The van der Waals surface area contributed by atoms with Gasteiger partial charge < -0.3 is 30.2 Å². The zero-order valence-electron chi connectivity index (χ0n) is 14.3. The summed E-state index contributed by atoms with van der Waals surface area (Å²) in [7, 11) is -5.07. The molecule has 142 valence electrons. The fraction of sp³-hybridized carbons (Fsp3) is 0.250. The molecule has 0 bridgehead atoms. The Morgan fingerprint density at radius 1 is 0.654 bits per heavy atom. The van der Waals surface area contributed by atoms with Crippen molar-refractivity contribution in [3.05, 3.63) is 59.7 Å². The number of nitrogens with one attached hydrogen (secondary N) is 2. The van der Waals surface area contributed by atoms with Gasteiger partial charge in [0, 0.05) is 0 Å². The average Bonchev–Trinajstić information content (AvgIpc) is 2.58. The van der Waals surface area contributed by atoms with Crippen LogP contribution >= 0.6 is 15.2 Å². The van der Waals surface area contributed by atoms with Gasteiger partial charge in [-0.25, -0.2) is 0 Å². The Kier molecular flexibility index (Phi) is 6.55. The van der Waals surface area contributed by atoms with Crippen LogP contribution < -0.4 is 21.2 Å². The molecular weight excluding hydrogens is 378 g/mol. The van der Waals surface area contributed by atoms with Crippen molar-refractivity contribution in [1.82, 2.24) is 10.6 Å². The van der Waals surface area contributed by atoms with Crippen LogP contribution in [0.3, 0.4) is 0 Å². The number of rotatable bonds is 7. The second-order valence-corrected chi connectivity index (χ2v) is 9.01. The summed E-state index contributed by atoms with van der Waals surface area (Å²) in [6.07, 6.45) is 0. The third-order valence-electron chi connectivity index (χ3n) is 4.13. The predicted octanol–water partition coefficient (Wildman–Crippen LogP) is 0.514. The van der Waals surface area contributed by atoms with Crippen molar-refractivity contribution in [2.24, 2.45) is 0 Å². The molecule has 0 radical (unpaired) electrons. The van der Waals surface area contributed by atoms with Crippen LogP contribution in [0.25, 0.3) is 0 Å². The molecule has 2 aromatic carbocycles. The van der Waals surface area contributed by atoms with Crippen molar-refractivity contribution in [3.63, 3.8) is 0 Å². The summed E-state index contributed by atoms with van der Waals surface area (Å²) in [5.74, 6) is 0. The zero-order valence-corrected chi connectivity index (χ0v) is 16.1. The second kappa shape index (κ2) is 8.13. The smallest absolute Gasteiger partial charge is 0.321 e. The minimum Gasteiger partial charge on any atom is -0.321 e. The van der Waals surface area contributed by atoms with E-state index in [4.69, 9.17) is 0 Å². The van der Waals surface area contributed by atoms with Gasteiger partial charge in [-0.3, -0.25) is 9.13 Å². The quantitative estimate of drug-likeness (QED) is 0.370. The van der Waals surface area contributed by atoms with Crippen molar-refractivity contribution in [2.45, 2.75) is 12.1 Å². The Morgan fingerprint density at radius 2 is 0.923 bits per heavy atom. The van der Waals surface area contributed by atoms with Gasteiger partial charge >= 0.3 is 15.2 Å². The average molecular weight is 400 g/mol. The lowest BCUT2D eigenvalue weighted by Gasteiger charge is -2.28. The third-order valence-corrected chi connectivity index (χ3v) is 6.07. The molecule has 26 heavy (non-hydrogen) atoms. The van der Waals surface area contributed by atoms with E-state index in [1.54, 1.807) is 38.4 Å². The fourth-order valence-corrected chi connectivity index (χ4v) is 3.88. The van der Waals surface area contributed by atoms with E-state index in [1.807, 2.05) is 0 Å². The van der Waals surface area contributed by atoms with Crippen LogP contribution in [0.2, 0.25) is 0 Å². The van der Waals surface area contributed by atoms with E-state index >= 15 is 0 Å². The van der Waals surface area contributed by atoms with Crippen LogP contribution in [0.4, 0.5) is 0 Å². The molecule has 0 fully saturated rings. The Bertz CT molecular complexity index is 757. The predicted molar refractivity (Wildman–Crippen MR) is 99.8 cm³/mol. The van der Waals surface area contributed by atoms with Gasteiger partial charge in [-0.05, 0) is 49.5 Å². The Hall–Kier alpha value is -1.34. The first kappa shape index (κ1) is 21.0. The lowest BCUT2D eigenvalue weighted by molar-refractivity contribution is 0.385. The molecule has 0 heterocycles. The van der Waals surface area contributed by atoms with Crippen molar-refractivity contribution >= 4 is 25.8 Å². The van der Waals surface area contributed by atoms with Crippen molar-refractivity contribution in [3.8, 4) is 0 Å². The standard InChI is InChI=1S/C16H22N2O6P2/c1-17-15(11-3-7-13(8-4-11)25(19,20)21)16(18-2)12-5-9-14(10-6-12)26(22,23)24/h3-10,15-18H,1-2H3,(H2,19,20,21)(H2,22,23,24). The molecule has 0 aliphatic rings. The van der Waals surface area contributed by atoms with Gasteiger partial charge in [-0.2, -0.15) is 0 Å². The highest BCUT2D eigenvalue weighted by Gasteiger charge is 2.24. The van der Waals surface area contributed by atoms with E-state index in [-0.39, 0.29) is 22.7 Å². The van der Waals surface area contributed by atoms with Gasteiger partial charge in [0.15, 0.2) is 0 Å². The Labute approximate surface area is 151 Å². The molecule has 2 atom stereocenters. The highest BCUT2D eigenvalue weighted by molar-refractivity contribution is 7.60. The molecule has 0 aliphatic carbocycles. The first-order chi connectivity index (χ1) is 12.1. The molecule has 0 saturated carbocycles. The number of hydrogen-bond donors (Lipinski definition) is 6. The summed E-state index contributed by atoms with van der Waals surface area (Å²) < 4.78 is 22.6. The van der Waals surface area contributed by atoms with Gasteiger partial charge in [-0.15, -0.1) is 0 Å². The lowest BCUT2D eigenvalue weighted by atomic mass is 9.93. The molecule has 0 aliphatic heterocycles. The molecule has 0 saturated heterocycles. The topological polar surface area (TPSA) is 139 Å². The monoisotopic (exact) mass is 400 g/mol. The van der Waals surface area contributed by atoms with Crippen LogP contribution in [0, 0.1) is 0 Å². The van der Waals surface area contributed by atoms with Crippen LogP contribution in [0.1, 0.15) is 23.2 Å². The van der Waals surface area contributed by atoms with E-state index in [9.17, 15) is 28.7 Å². The molecule has 0 amide bonds. The van der Waals surface area contributed by atoms with E-state index < -0.39 is 15.2 Å². The van der Waals surface area contributed by atoms with Gasteiger partial charge in [-0.1, -0.05) is 24.3 Å². The number of likely N-dealkylation sites (N-methyl/N-ethyl adjacent to an activating group) is 2. The lowest BCUT2D eigenvalue weighted by Crippen LogP contribution is -2.32. The van der Waals surface area contributed by atoms with Gasteiger partial charge in [0.2, 0.25) is 0 Å². The largest absolute Gasteiger partial charge is 0.356 e. The summed E-state index contributed by atoms with van der Waals surface area (Å²) in [5, 5.41) is 6.22. The summed E-state index contributed by atoms with van der Waals surface area (Å²) in [5.41, 5.74) is 1.62. The molecule has 2 unspecified atom stereocenters. The molecule has 6 N–H and O–H groups in total. The maximum atomic E-state index is 11.3. The first-order valence-corrected chi connectivity index (χ1v) is 11.0. The maximum Gasteiger partial charge on any atom is 0.356 e. The van der Waals surface area contributed by atoms with Crippen molar-refractivity contribution < 1.29 is 28.7 Å². The Morgan fingerprint density at radius 3 is 1.12 bits per heavy atom. The molecule has 2 aromatic rings. The van der Waals surface area contributed by atoms with Gasteiger partial charge in [0.25, 0.3) is 0 Å². The molecule has 0 spiro atoms. The van der Waals surface area contributed by atoms with E-state index in [0.717, 1.165) is 11.1 Å². The minimum absolute atomic E-state index is 0.0527. The minimum atomic E-state index is -4.30. The molecular formula is C16H22N2O6P2. The van der Waals surface area contributed by atoms with E-state index in [0.29, 0.717) is 0 Å². The summed E-state index contributed by atoms with van der Waals surface area (Å²) in [4.78, 5) is 36.9. The normalized spacial score (nSPS) is 14.8. The first-order valence-electron chi connectivity index (χ1n) is 7.74. The molecule has 10 heteroatoms. The summed E-state index contributed by atoms with van der Waals surface area (Å²) in [6.45, 7) is 0. The van der Waals surface area contributed by atoms with Crippen molar-refractivity contribution in [1.29, 1.82) is 0 Å². The zero-order chi connectivity index (χ0) is 19.5.